The number of aryl methyl sites for hydroxylation is 1. The first-order chi connectivity index (χ1) is 9.72. The van der Waals surface area contributed by atoms with Crippen LogP contribution in [0.4, 0.5) is 5.69 Å². The van der Waals surface area contributed by atoms with Crippen molar-refractivity contribution in [3.63, 3.8) is 0 Å². The lowest BCUT2D eigenvalue weighted by molar-refractivity contribution is 0.517. The zero-order chi connectivity index (χ0) is 14.4. The first-order valence-electron chi connectivity index (χ1n) is 7.72. The Morgan fingerprint density at radius 3 is 2.90 bits per heavy atom. The lowest BCUT2D eigenvalue weighted by Gasteiger charge is -2.12. The lowest BCUT2D eigenvalue weighted by atomic mass is 10.0. The highest BCUT2D eigenvalue weighted by Gasteiger charge is 2.15. The molecule has 4 nitrogen and oxygen atoms in total. The number of unbranched alkanes of at least 4 members (excludes halogenated alkanes) is 1. The summed E-state index contributed by atoms with van der Waals surface area (Å²) in [6, 6.07) is 0. The van der Waals surface area contributed by atoms with E-state index in [1.165, 1.54) is 36.8 Å². The molecule has 0 amide bonds. The van der Waals surface area contributed by atoms with Crippen molar-refractivity contribution in [1.29, 1.82) is 0 Å². The summed E-state index contributed by atoms with van der Waals surface area (Å²) in [5.41, 5.74) is 0.782. The van der Waals surface area contributed by atoms with Gasteiger partial charge in [0, 0.05) is 13.1 Å². The largest absolute Gasteiger partial charge is 0.383 e. The number of anilines is 1. The topological polar surface area (TPSA) is 46.9 Å². The Kier molecular flexibility index (Phi) is 6.07. The van der Waals surface area contributed by atoms with Gasteiger partial charge in [0.1, 0.15) is 4.47 Å². The molecule has 1 saturated carbocycles. The molecular weight excluding hydrogens is 318 g/mol. The summed E-state index contributed by atoms with van der Waals surface area (Å²) in [6.07, 6.45) is 10.5. The van der Waals surface area contributed by atoms with E-state index >= 15 is 0 Å². The zero-order valence-electron chi connectivity index (χ0n) is 12.2. The summed E-state index contributed by atoms with van der Waals surface area (Å²) in [4.78, 5) is 12.1. The molecule has 1 aliphatic rings. The van der Waals surface area contributed by atoms with E-state index in [0.717, 1.165) is 31.0 Å². The smallest absolute Gasteiger partial charge is 0.283 e. The molecule has 0 saturated heterocycles. The van der Waals surface area contributed by atoms with Crippen LogP contribution in [0.15, 0.2) is 15.5 Å². The second kappa shape index (κ2) is 7.81. The average molecular weight is 342 g/mol. The van der Waals surface area contributed by atoms with Gasteiger partial charge in [-0.05, 0) is 34.7 Å². The summed E-state index contributed by atoms with van der Waals surface area (Å²) in [7, 11) is 0. The van der Waals surface area contributed by atoms with Gasteiger partial charge >= 0.3 is 0 Å². The zero-order valence-corrected chi connectivity index (χ0v) is 13.8. The Morgan fingerprint density at radius 1 is 1.45 bits per heavy atom. The highest BCUT2D eigenvalue weighted by atomic mass is 79.9. The SMILES string of the molecule is CCCCn1ncc(NCCC2CCCC2)c(Br)c1=O. The van der Waals surface area contributed by atoms with Crippen molar-refractivity contribution in [3.8, 4) is 0 Å². The van der Waals surface area contributed by atoms with Crippen molar-refractivity contribution < 1.29 is 0 Å². The maximum absolute atomic E-state index is 12.1. The predicted molar refractivity (Wildman–Crippen MR) is 86.2 cm³/mol. The van der Waals surface area contributed by atoms with E-state index in [4.69, 9.17) is 0 Å². The van der Waals surface area contributed by atoms with Gasteiger partial charge in [-0.2, -0.15) is 5.10 Å². The number of hydrogen-bond acceptors (Lipinski definition) is 3. The molecular formula is C15H24BrN3O. The van der Waals surface area contributed by atoms with Crippen molar-refractivity contribution in [2.24, 2.45) is 5.92 Å². The molecule has 1 heterocycles. The number of nitrogens with zero attached hydrogens (tertiary/aromatic N) is 2. The minimum absolute atomic E-state index is 0.0377. The first kappa shape index (κ1) is 15.5. The third-order valence-corrected chi connectivity index (χ3v) is 4.82. The van der Waals surface area contributed by atoms with Crippen molar-refractivity contribution in [2.75, 3.05) is 11.9 Å². The van der Waals surface area contributed by atoms with Crippen molar-refractivity contribution in [3.05, 3.63) is 21.0 Å². The summed E-state index contributed by atoms with van der Waals surface area (Å²) >= 11 is 3.40. The van der Waals surface area contributed by atoms with Gasteiger partial charge in [-0.25, -0.2) is 4.68 Å². The molecule has 0 aromatic carbocycles. The Balaban J connectivity index is 1.91. The van der Waals surface area contributed by atoms with E-state index in [-0.39, 0.29) is 5.56 Å². The van der Waals surface area contributed by atoms with Crippen LogP contribution in [0, 0.1) is 5.92 Å². The molecule has 1 aliphatic carbocycles. The van der Waals surface area contributed by atoms with Crippen LogP contribution >= 0.6 is 15.9 Å². The van der Waals surface area contributed by atoms with Crippen molar-refractivity contribution in [2.45, 2.75) is 58.4 Å². The lowest BCUT2D eigenvalue weighted by Crippen LogP contribution is -2.24. The van der Waals surface area contributed by atoms with Crippen LogP contribution in [0.3, 0.4) is 0 Å². The summed E-state index contributed by atoms with van der Waals surface area (Å²) < 4.78 is 2.14. The second-order valence-electron chi connectivity index (χ2n) is 5.62. The molecule has 1 N–H and O–H groups in total. The van der Waals surface area contributed by atoms with Crippen LogP contribution < -0.4 is 10.9 Å². The molecule has 2 rings (SSSR count). The summed E-state index contributed by atoms with van der Waals surface area (Å²) in [5.74, 6) is 0.860. The molecule has 0 spiro atoms. The van der Waals surface area contributed by atoms with Crippen LogP contribution in [0.1, 0.15) is 51.9 Å². The van der Waals surface area contributed by atoms with Gasteiger partial charge < -0.3 is 5.32 Å². The molecule has 0 radical (unpaired) electrons. The van der Waals surface area contributed by atoms with Crippen LogP contribution in [-0.4, -0.2) is 16.3 Å². The number of hydrogen-bond donors (Lipinski definition) is 1. The number of aromatic nitrogens is 2. The van der Waals surface area contributed by atoms with E-state index < -0.39 is 0 Å². The number of rotatable bonds is 7. The Bertz CT molecular complexity index is 480. The molecule has 1 fully saturated rings. The quantitative estimate of drug-likeness (QED) is 0.820. The van der Waals surface area contributed by atoms with Gasteiger partial charge in [0.05, 0.1) is 11.9 Å². The van der Waals surface area contributed by atoms with Gasteiger partial charge in [-0.1, -0.05) is 39.0 Å². The molecule has 1 aromatic heterocycles. The molecule has 0 unspecified atom stereocenters. The Morgan fingerprint density at radius 2 is 2.20 bits per heavy atom. The fourth-order valence-corrected chi connectivity index (χ4v) is 3.21. The minimum atomic E-state index is -0.0377. The predicted octanol–water partition coefficient (Wildman–Crippen LogP) is 3.80. The molecule has 20 heavy (non-hydrogen) atoms. The highest BCUT2D eigenvalue weighted by Crippen LogP contribution is 2.27. The molecule has 5 heteroatoms. The van der Waals surface area contributed by atoms with E-state index in [1.54, 1.807) is 6.20 Å². The van der Waals surface area contributed by atoms with Crippen molar-refractivity contribution in [1.82, 2.24) is 9.78 Å². The summed E-state index contributed by atoms with van der Waals surface area (Å²) in [6.45, 7) is 3.72. The maximum Gasteiger partial charge on any atom is 0.283 e. The maximum atomic E-state index is 12.1. The normalized spacial score (nSPS) is 15.7. The van der Waals surface area contributed by atoms with Gasteiger partial charge in [-0.15, -0.1) is 0 Å². The third kappa shape index (κ3) is 4.08. The van der Waals surface area contributed by atoms with Gasteiger partial charge in [0.25, 0.3) is 5.56 Å². The molecule has 112 valence electrons. The van der Waals surface area contributed by atoms with Crippen LogP contribution in [0.5, 0.6) is 0 Å². The molecule has 0 aliphatic heterocycles. The van der Waals surface area contributed by atoms with E-state index in [1.807, 2.05) is 0 Å². The van der Waals surface area contributed by atoms with Gasteiger partial charge in [-0.3, -0.25) is 4.79 Å². The molecule has 0 bridgehead atoms. The van der Waals surface area contributed by atoms with Crippen LogP contribution in [0.2, 0.25) is 0 Å². The first-order valence-corrected chi connectivity index (χ1v) is 8.51. The molecule has 1 aromatic rings. The third-order valence-electron chi connectivity index (χ3n) is 4.05. The highest BCUT2D eigenvalue weighted by molar-refractivity contribution is 9.10. The van der Waals surface area contributed by atoms with E-state index in [2.05, 4.69) is 33.3 Å². The second-order valence-corrected chi connectivity index (χ2v) is 6.41. The minimum Gasteiger partial charge on any atom is -0.383 e. The number of nitrogens with one attached hydrogen (secondary N) is 1. The van der Waals surface area contributed by atoms with E-state index in [9.17, 15) is 4.79 Å². The average Bonchev–Trinajstić information content (AvgIpc) is 2.96. The fourth-order valence-electron chi connectivity index (χ4n) is 2.77. The fraction of sp³-hybridized carbons (Fsp3) is 0.733. The van der Waals surface area contributed by atoms with Crippen molar-refractivity contribution >= 4 is 21.6 Å². The Hall–Kier alpha value is -0.840. The van der Waals surface area contributed by atoms with Crippen LogP contribution in [-0.2, 0) is 6.54 Å². The van der Waals surface area contributed by atoms with Crippen LogP contribution in [0.25, 0.3) is 0 Å². The van der Waals surface area contributed by atoms with E-state index in [0.29, 0.717) is 11.0 Å². The van der Waals surface area contributed by atoms with Gasteiger partial charge in [0.2, 0.25) is 0 Å². The number of halogens is 1. The van der Waals surface area contributed by atoms with Gasteiger partial charge in [0.15, 0.2) is 0 Å². The standard InChI is InChI=1S/C15H24BrN3O/c1-2-3-10-19-15(20)14(16)13(11-18-19)17-9-8-12-6-4-5-7-12/h11-12,17H,2-10H2,1H3. The monoisotopic (exact) mass is 341 g/mol. The Labute approximate surface area is 129 Å². The summed E-state index contributed by atoms with van der Waals surface area (Å²) in [5, 5.41) is 7.58. The molecule has 0 atom stereocenters.